The molecular formula is C13H13N3O4. The highest BCUT2D eigenvalue weighted by Crippen LogP contribution is 2.25. The highest BCUT2D eigenvalue weighted by Gasteiger charge is 2.17. The Bertz CT molecular complexity index is 663. The summed E-state index contributed by atoms with van der Waals surface area (Å²) in [6, 6.07) is 7.59. The van der Waals surface area contributed by atoms with E-state index in [9.17, 15) is 14.9 Å². The number of hydrogen-bond acceptors (Lipinski definition) is 5. The molecule has 0 aliphatic heterocycles. The lowest BCUT2D eigenvalue weighted by molar-refractivity contribution is -0.385. The Balaban J connectivity index is 2.24. The summed E-state index contributed by atoms with van der Waals surface area (Å²) in [5.74, 6) is 0.121. The number of hydrogen-bond donors (Lipinski definition) is 2. The van der Waals surface area contributed by atoms with Crippen LogP contribution in [0, 0.1) is 17.0 Å². The Morgan fingerprint density at radius 2 is 2.15 bits per heavy atom. The number of nitrogens with zero attached hydrogens (tertiary/aromatic N) is 1. The third-order valence-corrected chi connectivity index (χ3v) is 2.84. The number of anilines is 1. The predicted octanol–water partition coefficient (Wildman–Crippen LogP) is 2.21. The van der Waals surface area contributed by atoms with E-state index < -0.39 is 10.8 Å². The second-order valence-electron chi connectivity index (χ2n) is 4.13. The molecule has 3 N–H and O–H groups in total. The van der Waals surface area contributed by atoms with Gasteiger partial charge in [-0.2, -0.15) is 0 Å². The summed E-state index contributed by atoms with van der Waals surface area (Å²) in [6.07, 6.45) is 0. The molecule has 0 saturated carbocycles. The maximum Gasteiger partial charge on any atom is 0.291 e. The molecule has 1 aromatic heterocycles. The molecule has 2 aromatic rings. The van der Waals surface area contributed by atoms with Crippen LogP contribution in [0.25, 0.3) is 0 Å². The van der Waals surface area contributed by atoms with E-state index in [0.29, 0.717) is 17.0 Å². The average Bonchev–Trinajstić information content (AvgIpc) is 2.89. The van der Waals surface area contributed by atoms with Gasteiger partial charge in [0.1, 0.15) is 5.76 Å². The van der Waals surface area contributed by atoms with Gasteiger partial charge in [-0.15, -0.1) is 0 Å². The second kappa shape index (κ2) is 5.54. The van der Waals surface area contributed by atoms with Gasteiger partial charge in [-0.3, -0.25) is 14.9 Å². The summed E-state index contributed by atoms with van der Waals surface area (Å²) < 4.78 is 5.21. The van der Waals surface area contributed by atoms with E-state index in [-0.39, 0.29) is 18.0 Å². The van der Waals surface area contributed by atoms with Crippen LogP contribution in [0.2, 0.25) is 0 Å². The molecule has 20 heavy (non-hydrogen) atoms. The number of nitrogens with one attached hydrogen (secondary N) is 1. The quantitative estimate of drug-likeness (QED) is 0.656. The number of amides is 1. The van der Waals surface area contributed by atoms with Gasteiger partial charge in [-0.05, 0) is 25.1 Å². The number of carbonyl (C=O) groups excluding carboxylic acids is 1. The monoisotopic (exact) mass is 275 g/mol. The third kappa shape index (κ3) is 2.67. The molecule has 0 radical (unpaired) electrons. The second-order valence-corrected chi connectivity index (χ2v) is 4.13. The number of rotatable bonds is 4. The fourth-order valence-electron chi connectivity index (χ4n) is 1.75. The fourth-order valence-corrected chi connectivity index (χ4v) is 1.75. The van der Waals surface area contributed by atoms with E-state index in [2.05, 4.69) is 5.32 Å². The molecule has 1 aromatic carbocycles. The normalized spacial score (nSPS) is 10.3. The number of benzene rings is 1. The van der Waals surface area contributed by atoms with E-state index >= 15 is 0 Å². The van der Waals surface area contributed by atoms with Crippen molar-refractivity contribution < 1.29 is 14.1 Å². The molecule has 2 rings (SSSR count). The minimum atomic E-state index is -0.496. The van der Waals surface area contributed by atoms with Gasteiger partial charge >= 0.3 is 0 Å². The van der Waals surface area contributed by atoms with E-state index in [1.54, 1.807) is 19.1 Å². The zero-order chi connectivity index (χ0) is 14.7. The van der Waals surface area contributed by atoms with Crippen LogP contribution < -0.4 is 11.1 Å². The first kappa shape index (κ1) is 13.8. The van der Waals surface area contributed by atoms with Gasteiger partial charge in [0.05, 0.1) is 22.7 Å². The van der Waals surface area contributed by atoms with Crippen molar-refractivity contribution in [2.75, 3.05) is 5.32 Å². The molecule has 104 valence electrons. The van der Waals surface area contributed by atoms with Crippen molar-refractivity contribution in [1.29, 1.82) is 0 Å². The van der Waals surface area contributed by atoms with Crippen LogP contribution in [-0.4, -0.2) is 10.8 Å². The molecule has 0 saturated heterocycles. The number of nitrogens with two attached hydrogens (primary N) is 1. The van der Waals surface area contributed by atoms with Crippen molar-refractivity contribution in [3.63, 3.8) is 0 Å². The molecule has 0 aliphatic rings. The first-order valence-corrected chi connectivity index (χ1v) is 5.87. The van der Waals surface area contributed by atoms with E-state index in [1.807, 2.05) is 0 Å². The van der Waals surface area contributed by atoms with Crippen molar-refractivity contribution in [3.05, 3.63) is 57.5 Å². The summed E-state index contributed by atoms with van der Waals surface area (Å²) in [7, 11) is 0. The SMILES string of the molecule is Cc1c(NC(=O)c2ccc(CN)o2)cccc1[N+](=O)[O-]. The molecule has 0 atom stereocenters. The van der Waals surface area contributed by atoms with Gasteiger partial charge in [-0.25, -0.2) is 0 Å². The maximum atomic E-state index is 12.0. The molecule has 0 unspecified atom stereocenters. The molecule has 0 spiro atoms. The predicted molar refractivity (Wildman–Crippen MR) is 72.4 cm³/mol. The summed E-state index contributed by atoms with van der Waals surface area (Å²) in [5.41, 5.74) is 6.10. The van der Waals surface area contributed by atoms with E-state index in [1.165, 1.54) is 18.2 Å². The Labute approximate surface area is 114 Å². The fraction of sp³-hybridized carbons (Fsp3) is 0.154. The highest BCUT2D eigenvalue weighted by molar-refractivity contribution is 6.02. The first-order chi connectivity index (χ1) is 9.52. The van der Waals surface area contributed by atoms with Gasteiger partial charge in [0.15, 0.2) is 5.76 Å². The van der Waals surface area contributed by atoms with Gasteiger partial charge in [0.25, 0.3) is 11.6 Å². The third-order valence-electron chi connectivity index (χ3n) is 2.84. The Morgan fingerprint density at radius 1 is 1.40 bits per heavy atom. The Morgan fingerprint density at radius 3 is 2.75 bits per heavy atom. The van der Waals surface area contributed by atoms with Crippen LogP contribution in [0.5, 0.6) is 0 Å². The lowest BCUT2D eigenvalue weighted by atomic mass is 10.1. The van der Waals surface area contributed by atoms with Gasteiger partial charge in [-0.1, -0.05) is 6.07 Å². The number of nitro benzene ring substituents is 1. The molecule has 0 bridgehead atoms. The minimum Gasteiger partial charge on any atom is -0.455 e. The summed E-state index contributed by atoms with van der Waals surface area (Å²) >= 11 is 0. The van der Waals surface area contributed by atoms with Crippen molar-refractivity contribution in [3.8, 4) is 0 Å². The number of nitro groups is 1. The average molecular weight is 275 g/mol. The van der Waals surface area contributed by atoms with Crippen LogP contribution in [0.4, 0.5) is 11.4 Å². The summed E-state index contributed by atoms with van der Waals surface area (Å²) in [4.78, 5) is 22.3. The van der Waals surface area contributed by atoms with Crippen molar-refractivity contribution in [2.24, 2.45) is 5.73 Å². The topological polar surface area (TPSA) is 111 Å². The van der Waals surface area contributed by atoms with Gasteiger partial charge in [0, 0.05) is 6.07 Å². The van der Waals surface area contributed by atoms with Crippen LogP contribution in [-0.2, 0) is 6.54 Å². The summed E-state index contributed by atoms with van der Waals surface area (Å²) in [6.45, 7) is 1.77. The first-order valence-electron chi connectivity index (χ1n) is 5.87. The highest BCUT2D eigenvalue weighted by atomic mass is 16.6. The van der Waals surface area contributed by atoms with Crippen molar-refractivity contribution >= 4 is 17.3 Å². The molecular weight excluding hydrogens is 262 g/mol. The minimum absolute atomic E-state index is 0.0510. The smallest absolute Gasteiger partial charge is 0.291 e. The van der Waals surface area contributed by atoms with Crippen LogP contribution in [0.1, 0.15) is 21.9 Å². The zero-order valence-electron chi connectivity index (χ0n) is 10.8. The Hall–Kier alpha value is -2.67. The van der Waals surface area contributed by atoms with Gasteiger partial charge < -0.3 is 15.5 Å². The molecule has 7 heteroatoms. The summed E-state index contributed by atoms with van der Waals surface area (Å²) in [5, 5.41) is 13.4. The lowest BCUT2D eigenvalue weighted by Crippen LogP contribution is -2.12. The van der Waals surface area contributed by atoms with E-state index in [0.717, 1.165) is 0 Å². The zero-order valence-corrected chi connectivity index (χ0v) is 10.8. The molecule has 1 heterocycles. The maximum absolute atomic E-state index is 12.0. The largest absolute Gasteiger partial charge is 0.455 e. The molecule has 1 amide bonds. The van der Waals surface area contributed by atoms with Crippen molar-refractivity contribution in [2.45, 2.75) is 13.5 Å². The van der Waals surface area contributed by atoms with Crippen LogP contribution in [0.15, 0.2) is 34.7 Å². The van der Waals surface area contributed by atoms with E-state index in [4.69, 9.17) is 10.2 Å². The molecule has 7 nitrogen and oxygen atoms in total. The number of furan rings is 1. The van der Waals surface area contributed by atoms with Crippen LogP contribution in [0.3, 0.4) is 0 Å². The lowest BCUT2D eigenvalue weighted by Gasteiger charge is -2.07. The van der Waals surface area contributed by atoms with Crippen LogP contribution >= 0.6 is 0 Å². The molecule has 0 aliphatic carbocycles. The standard InChI is InChI=1S/C13H13N3O4/c1-8-10(3-2-4-11(8)16(18)19)15-13(17)12-6-5-9(7-14)20-12/h2-6H,7,14H2,1H3,(H,15,17). The van der Waals surface area contributed by atoms with Crippen molar-refractivity contribution in [1.82, 2.24) is 0 Å². The Kier molecular flexibility index (Phi) is 3.81. The number of carbonyl (C=O) groups is 1. The van der Waals surface area contributed by atoms with Gasteiger partial charge in [0.2, 0.25) is 0 Å². The molecule has 0 fully saturated rings.